The number of aromatic nitrogens is 1. The van der Waals surface area contributed by atoms with Crippen LogP contribution < -0.4 is 9.64 Å². The molecular formula is C23H23F2N3O3. The highest BCUT2D eigenvalue weighted by atomic mass is 19.3. The minimum Gasteiger partial charge on any atom is -0.460 e. The summed E-state index contributed by atoms with van der Waals surface area (Å²) in [5.74, 6) is 1.45. The molecule has 2 aromatic heterocycles. The minimum absolute atomic E-state index is 0.0968. The van der Waals surface area contributed by atoms with Gasteiger partial charge in [-0.2, -0.15) is 8.78 Å². The minimum atomic E-state index is -2.86. The van der Waals surface area contributed by atoms with E-state index in [1.165, 1.54) is 0 Å². The summed E-state index contributed by atoms with van der Waals surface area (Å²) < 4.78 is 35.8. The third-order valence-electron chi connectivity index (χ3n) is 5.84. The highest BCUT2D eigenvalue weighted by Crippen LogP contribution is 2.42. The van der Waals surface area contributed by atoms with E-state index in [-0.39, 0.29) is 11.7 Å². The molecule has 0 atom stereocenters. The lowest BCUT2D eigenvalue weighted by atomic mass is 10.1. The summed E-state index contributed by atoms with van der Waals surface area (Å²) in [6.07, 6.45) is 5.56. The molecule has 3 aromatic rings. The van der Waals surface area contributed by atoms with Gasteiger partial charge < -0.3 is 19.0 Å². The van der Waals surface area contributed by atoms with Crippen LogP contribution in [0.5, 0.6) is 5.75 Å². The summed E-state index contributed by atoms with van der Waals surface area (Å²) in [6, 6.07) is 7.13. The van der Waals surface area contributed by atoms with Crippen molar-refractivity contribution in [3.05, 3.63) is 53.5 Å². The Bertz CT molecular complexity index is 1120. The summed E-state index contributed by atoms with van der Waals surface area (Å²) in [7, 11) is 0. The SMILES string of the molecule is Cc1cc(OC(F)F)cc(N2CCN(C(=O)c3cncc4cc(C5CC5)oc34)CC2)c1. The first kappa shape index (κ1) is 19.8. The number of halogens is 2. The largest absolute Gasteiger partial charge is 0.460 e. The molecule has 162 valence electrons. The predicted molar refractivity (Wildman–Crippen MR) is 112 cm³/mol. The second-order valence-corrected chi connectivity index (χ2v) is 8.19. The van der Waals surface area contributed by atoms with Crippen LogP contribution in [0.25, 0.3) is 11.0 Å². The van der Waals surface area contributed by atoms with E-state index in [9.17, 15) is 13.6 Å². The monoisotopic (exact) mass is 427 g/mol. The number of pyridine rings is 1. The zero-order valence-corrected chi connectivity index (χ0v) is 17.2. The molecule has 0 spiro atoms. The number of piperazine rings is 1. The van der Waals surface area contributed by atoms with Crippen molar-refractivity contribution in [1.29, 1.82) is 0 Å². The van der Waals surface area contributed by atoms with Crippen molar-refractivity contribution in [1.82, 2.24) is 9.88 Å². The maximum absolute atomic E-state index is 13.2. The van der Waals surface area contributed by atoms with Crippen LogP contribution in [0, 0.1) is 6.92 Å². The first-order chi connectivity index (χ1) is 15.0. The number of aryl methyl sites for hydroxylation is 1. The Morgan fingerprint density at radius 2 is 1.90 bits per heavy atom. The highest BCUT2D eigenvalue weighted by molar-refractivity contribution is 6.04. The van der Waals surface area contributed by atoms with Gasteiger partial charge in [0, 0.05) is 61.6 Å². The second kappa shape index (κ2) is 7.83. The molecule has 0 N–H and O–H groups in total. The molecule has 1 amide bonds. The van der Waals surface area contributed by atoms with Crippen molar-refractivity contribution in [2.45, 2.75) is 32.3 Å². The fourth-order valence-corrected chi connectivity index (χ4v) is 4.12. The molecule has 1 aliphatic heterocycles. The van der Waals surface area contributed by atoms with E-state index in [0.29, 0.717) is 43.2 Å². The highest BCUT2D eigenvalue weighted by Gasteiger charge is 2.30. The summed E-state index contributed by atoms with van der Waals surface area (Å²) in [6.45, 7) is 1.21. The third kappa shape index (κ3) is 4.06. The Labute approximate surface area is 178 Å². The number of nitrogens with zero attached hydrogens (tertiary/aromatic N) is 3. The summed E-state index contributed by atoms with van der Waals surface area (Å²) in [4.78, 5) is 21.3. The fourth-order valence-electron chi connectivity index (χ4n) is 4.12. The van der Waals surface area contributed by atoms with Gasteiger partial charge in [-0.1, -0.05) is 0 Å². The van der Waals surface area contributed by atoms with E-state index in [1.807, 2.05) is 19.1 Å². The maximum atomic E-state index is 13.2. The van der Waals surface area contributed by atoms with Gasteiger partial charge >= 0.3 is 6.61 Å². The first-order valence-corrected chi connectivity index (χ1v) is 10.5. The van der Waals surface area contributed by atoms with Crippen LogP contribution in [0.3, 0.4) is 0 Å². The van der Waals surface area contributed by atoms with Gasteiger partial charge in [-0.3, -0.25) is 9.78 Å². The molecular weight excluding hydrogens is 404 g/mol. The number of hydrogen-bond donors (Lipinski definition) is 0. The molecule has 3 heterocycles. The van der Waals surface area contributed by atoms with Gasteiger partial charge in [0.1, 0.15) is 22.7 Å². The Morgan fingerprint density at radius 3 is 2.61 bits per heavy atom. The van der Waals surface area contributed by atoms with Crippen LogP contribution in [-0.2, 0) is 0 Å². The molecule has 2 aliphatic rings. The standard InChI is InChI=1S/C23H23F2N3O3/c1-14-8-17(11-18(9-14)30-23(24)25)27-4-6-28(7-5-27)22(29)19-13-26-12-16-10-20(15-2-3-15)31-21(16)19/h8-13,15,23H,2-7H2,1H3. The number of rotatable bonds is 5. The van der Waals surface area contributed by atoms with Crippen LogP contribution in [0.2, 0.25) is 0 Å². The third-order valence-corrected chi connectivity index (χ3v) is 5.84. The van der Waals surface area contributed by atoms with Crippen molar-refractivity contribution in [3.8, 4) is 5.75 Å². The van der Waals surface area contributed by atoms with Gasteiger partial charge in [-0.15, -0.1) is 0 Å². The number of alkyl halides is 2. The van der Waals surface area contributed by atoms with Crippen LogP contribution in [-0.4, -0.2) is 48.6 Å². The number of carbonyl (C=O) groups is 1. The average Bonchev–Trinajstić information content (AvgIpc) is 3.50. The van der Waals surface area contributed by atoms with Gasteiger partial charge in [-0.25, -0.2) is 0 Å². The molecule has 1 aromatic carbocycles. The molecule has 1 saturated carbocycles. The number of hydrogen-bond acceptors (Lipinski definition) is 5. The molecule has 6 nitrogen and oxygen atoms in total. The van der Waals surface area contributed by atoms with E-state index in [1.54, 1.807) is 29.4 Å². The van der Waals surface area contributed by atoms with Gasteiger partial charge in [0.25, 0.3) is 5.91 Å². The number of fused-ring (bicyclic) bond motifs is 1. The number of amides is 1. The molecule has 1 aliphatic carbocycles. The predicted octanol–water partition coefficient (Wildman–Crippen LogP) is 4.58. The summed E-state index contributed by atoms with van der Waals surface area (Å²) >= 11 is 0. The number of ether oxygens (including phenoxy) is 1. The second-order valence-electron chi connectivity index (χ2n) is 8.19. The fraction of sp³-hybridized carbons (Fsp3) is 0.391. The van der Waals surface area contributed by atoms with E-state index < -0.39 is 6.61 Å². The molecule has 0 radical (unpaired) electrons. The molecule has 8 heteroatoms. The lowest BCUT2D eigenvalue weighted by Gasteiger charge is -2.36. The maximum Gasteiger partial charge on any atom is 0.387 e. The first-order valence-electron chi connectivity index (χ1n) is 10.5. The quantitative estimate of drug-likeness (QED) is 0.597. The van der Waals surface area contributed by atoms with Crippen molar-refractivity contribution in [2.75, 3.05) is 31.1 Å². The smallest absolute Gasteiger partial charge is 0.387 e. The van der Waals surface area contributed by atoms with Crippen LogP contribution in [0.4, 0.5) is 14.5 Å². The van der Waals surface area contributed by atoms with Crippen LogP contribution in [0.15, 0.2) is 41.1 Å². The molecule has 1 saturated heterocycles. The van der Waals surface area contributed by atoms with Crippen molar-refractivity contribution < 1.29 is 22.7 Å². The lowest BCUT2D eigenvalue weighted by Crippen LogP contribution is -2.48. The average molecular weight is 427 g/mol. The zero-order valence-electron chi connectivity index (χ0n) is 17.2. The van der Waals surface area contributed by atoms with Crippen molar-refractivity contribution >= 4 is 22.6 Å². The van der Waals surface area contributed by atoms with E-state index in [0.717, 1.165) is 35.2 Å². The van der Waals surface area contributed by atoms with Gasteiger partial charge in [0.2, 0.25) is 0 Å². The Hall–Kier alpha value is -3.16. The van der Waals surface area contributed by atoms with Gasteiger partial charge in [-0.05, 0) is 43.5 Å². The summed E-state index contributed by atoms with van der Waals surface area (Å²) in [5.41, 5.74) is 2.75. The van der Waals surface area contributed by atoms with Crippen LogP contribution >= 0.6 is 0 Å². The van der Waals surface area contributed by atoms with E-state index in [4.69, 9.17) is 4.42 Å². The number of carbonyl (C=O) groups excluding carboxylic acids is 1. The molecule has 0 bridgehead atoms. The Balaban J connectivity index is 1.30. The molecule has 0 unspecified atom stereocenters. The van der Waals surface area contributed by atoms with Crippen LogP contribution in [0.1, 0.15) is 40.4 Å². The topological polar surface area (TPSA) is 58.8 Å². The van der Waals surface area contributed by atoms with Crippen molar-refractivity contribution in [2.24, 2.45) is 0 Å². The zero-order chi connectivity index (χ0) is 21.5. The Kier molecular flexibility index (Phi) is 5.00. The van der Waals surface area contributed by atoms with E-state index in [2.05, 4.69) is 14.6 Å². The van der Waals surface area contributed by atoms with Crippen molar-refractivity contribution in [3.63, 3.8) is 0 Å². The molecule has 31 heavy (non-hydrogen) atoms. The number of furan rings is 1. The number of anilines is 1. The van der Waals surface area contributed by atoms with Gasteiger partial charge in [0.05, 0.1) is 0 Å². The lowest BCUT2D eigenvalue weighted by molar-refractivity contribution is -0.0498. The Morgan fingerprint density at radius 1 is 1.13 bits per heavy atom. The molecule has 2 fully saturated rings. The number of benzene rings is 1. The molecule has 5 rings (SSSR count). The van der Waals surface area contributed by atoms with Gasteiger partial charge in [0.15, 0.2) is 0 Å². The normalized spacial score (nSPS) is 16.9. The summed E-state index contributed by atoms with van der Waals surface area (Å²) in [5, 5.41) is 0.859. The van der Waals surface area contributed by atoms with E-state index >= 15 is 0 Å².